The molecule has 0 aromatic carbocycles. The highest BCUT2D eigenvalue weighted by molar-refractivity contribution is 6.06. The zero-order chi connectivity index (χ0) is 18.7. The van der Waals surface area contributed by atoms with Gasteiger partial charge in [0.25, 0.3) is 0 Å². The highest BCUT2D eigenvalue weighted by Gasteiger charge is 2.32. The van der Waals surface area contributed by atoms with Gasteiger partial charge < -0.3 is 14.4 Å². The van der Waals surface area contributed by atoms with Crippen LogP contribution in [0.2, 0.25) is 0 Å². The molecule has 3 rings (SSSR count). The Labute approximate surface area is 151 Å². The summed E-state index contributed by atoms with van der Waals surface area (Å²) in [5.74, 6) is 1.04. The average Bonchev–Trinajstić information content (AvgIpc) is 3.32. The first kappa shape index (κ1) is 17.8. The third-order valence-corrected chi connectivity index (χ3v) is 4.08. The lowest BCUT2D eigenvalue weighted by Crippen LogP contribution is -2.15. The van der Waals surface area contributed by atoms with Gasteiger partial charge in [0.2, 0.25) is 0 Å². The summed E-state index contributed by atoms with van der Waals surface area (Å²) in [5, 5.41) is 4.14. The molecule has 0 unspecified atom stereocenters. The molecule has 0 saturated heterocycles. The Kier molecular flexibility index (Phi) is 5.11. The van der Waals surface area contributed by atoms with Crippen molar-refractivity contribution >= 4 is 17.8 Å². The highest BCUT2D eigenvalue weighted by Crippen LogP contribution is 2.43. The van der Waals surface area contributed by atoms with E-state index in [1.54, 1.807) is 17.2 Å². The zero-order valence-electron chi connectivity index (χ0n) is 15.0. The Morgan fingerprint density at radius 2 is 2.19 bits per heavy atom. The van der Waals surface area contributed by atoms with Crippen LogP contribution in [0.1, 0.15) is 46.8 Å². The van der Waals surface area contributed by atoms with Crippen molar-refractivity contribution in [1.29, 1.82) is 0 Å². The number of aromatic nitrogens is 4. The Hall–Kier alpha value is -3.03. The summed E-state index contributed by atoms with van der Waals surface area (Å²) in [6, 6.07) is 1.86. The molecule has 136 valence electrons. The van der Waals surface area contributed by atoms with Crippen molar-refractivity contribution in [1.82, 2.24) is 24.6 Å². The Morgan fingerprint density at radius 1 is 1.42 bits per heavy atom. The van der Waals surface area contributed by atoms with E-state index in [2.05, 4.69) is 15.1 Å². The molecule has 0 atom stereocenters. The van der Waals surface area contributed by atoms with Gasteiger partial charge in [0, 0.05) is 20.3 Å². The van der Waals surface area contributed by atoms with E-state index in [-0.39, 0.29) is 18.1 Å². The summed E-state index contributed by atoms with van der Waals surface area (Å²) in [5.41, 5.74) is 1.76. The summed E-state index contributed by atoms with van der Waals surface area (Å²) in [4.78, 5) is 34.1. The molecule has 0 N–H and O–H groups in total. The molecule has 1 saturated carbocycles. The number of aldehydes is 1. The molecular formula is C18H21N5O3. The normalized spacial score (nSPS) is 14.2. The molecule has 2 aromatic rings. The van der Waals surface area contributed by atoms with Crippen LogP contribution in [-0.2, 0) is 9.53 Å². The molecule has 2 aromatic heterocycles. The predicted molar refractivity (Wildman–Crippen MR) is 94.8 cm³/mol. The van der Waals surface area contributed by atoms with Crippen molar-refractivity contribution in [2.24, 2.45) is 0 Å². The number of ketones is 1. The minimum atomic E-state index is -0.253. The first-order valence-corrected chi connectivity index (χ1v) is 8.34. The lowest BCUT2D eigenvalue weighted by molar-refractivity contribution is -0.107. The van der Waals surface area contributed by atoms with Crippen LogP contribution in [-0.4, -0.2) is 57.9 Å². The fraction of sp³-hybridized carbons (Fsp3) is 0.389. The summed E-state index contributed by atoms with van der Waals surface area (Å²) < 4.78 is 7.06. The number of ether oxygens (including phenoxy) is 1. The zero-order valence-corrected chi connectivity index (χ0v) is 15.0. The number of hydrogen-bond acceptors (Lipinski definition) is 7. The topological polar surface area (TPSA) is 90.2 Å². The number of hydrogen-bond donors (Lipinski definition) is 0. The van der Waals surface area contributed by atoms with Gasteiger partial charge in [0.15, 0.2) is 17.4 Å². The monoisotopic (exact) mass is 355 g/mol. The molecule has 0 bridgehead atoms. The number of carbonyl (C=O) groups excluding carboxylic acids is 2. The maximum Gasteiger partial charge on any atom is 0.172 e. The molecule has 0 amide bonds. The third kappa shape index (κ3) is 3.63. The van der Waals surface area contributed by atoms with Crippen LogP contribution in [0.3, 0.4) is 0 Å². The molecule has 1 fully saturated rings. The van der Waals surface area contributed by atoms with Crippen molar-refractivity contribution in [3.8, 4) is 5.82 Å². The maximum absolute atomic E-state index is 12.7. The summed E-state index contributed by atoms with van der Waals surface area (Å²) in [7, 11) is 5.24. The fourth-order valence-corrected chi connectivity index (χ4v) is 2.81. The van der Waals surface area contributed by atoms with Crippen molar-refractivity contribution in [2.45, 2.75) is 25.2 Å². The van der Waals surface area contributed by atoms with Crippen LogP contribution in [0.5, 0.6) is 0 Å². The van der Waals surface area contributed by atoms with E-state index < -0.39 is 0 Å². The van der Waals surface area contributed by atoms with Crippen molar-refractivity contribution in [3.63, 3.8) is 0 Å². The fourth-order valence-electron chi connectivity index (χ4n) is 2.81. The SMILES string of the molecule is CO/C(=C\N(C)C)c1nc(-n2cncn2)cc(C2CC2)c1C(=O)CC=O. The number of Topliss-reactive ketones (excluding diaryl/α,β-unsaturated/α-hetero) is 1. The molecule has 0 aliphatic heterocycles. The lowest BCUT2D eigenvalue weighted by Gasteiger charge is -2.17. The lowest BCUT2D eigenvalue weighted by atomic mass is 9.96. The van der Waals surface area contributed by atoms with E-state index >= 15 is 0 Å². The van der Waals surface area contributed by atoms with Crippen LogP contribution < -0.4 is 0 Å². The van der Waals surface area contributed by atoms with E-state index in [0.717, 1.165) is 18.4 Å². The largest absolute Gasteiger partial charge is 0.493 e. The number of pyridine rings is 1. The van der Waals surface area contributed by atoms with Crippen molar-refractivity contribution in [3.05, 3.63) is 41.7 Å². The van der Waals surface area contributed by atoms with Gasteiger partial charge in [-0.2, -0.15) is 5.10 Å². The van der Waals surface area contributed by atoms with E-state index in [0.29, 0.717) is 29.1 Å². The second-order valence-corrected chi connectivity index (χ2v) is 6.36. The molecule has 0 radical (unpaired) electrons. The Balaban J connectivity index is 2.26. The summed E-state index contributed by atoms with van der Waals surface area (Å²) in [6.45, 7) is 0. The summed E-state index contributed by atoms with van der Waals surface area (Å²) in [6.07, 6.45) is 7.17. The quantitative estimate of drug-likeness (QED) is 0.309. The molecule has 1 aliphatic carbocycles. The first-order chi connectivity index (χ1) is 12.5. The molecule has 26 heavy (non-hydrogen) atoms. The van der Waals surface area contributed by atoms with Crippen LogP contribution in [0.15, 0.2) is 24.9 Å². The first-order valence-electron chi connectivity index (χ1n) is 8.34. The minimum absolute atomic E-state index is 0.184. The number of carbonyl (C=O) groups is 2. The van der Waals surface area contributed by atoms with Crippen molar-refractivity contribution < 1.29 is 14.3 Å². The van der Waals surface area contributed by atoms with E-state index in [1.165, 1.54) is 13.4 Å². The van der Waals surface area contributed by atoms with E-state index in [9.17, 15) is 9.59 Å². The van der Waals surface area contributed by atoms with Gasteiger partial charge >= 0.3 is 0 Å². The van der Waals surface area contributed by atoms with Gasteiger partial charge in [-0.3, -0.25) is 4.79 Å². The smallest absolute Gasteiger partial charge is 0.172 e. The second-order valence-electron chi connectivity index (χ2n) is 6.36. The van der Waals surface area contributed by atoms with Crippen molar-refractivity contribution in [2.75, 3.05) is 21.2 Å². The van der Waals surface area contributed by atoms with Gasteiger partial charge in [-0.15, -0.1) is 0 Å². The van der Waals surface area contributed by atoms with Gasteiger partial charge in [-0.05, 0) is 30.4 Å². The standard InChI is InChI=1S/C18H21N5O3/c1-22(2)9-15(26-3)18-17(14(25)6-7-24)13(12-4-5-12)8-16(21-18)23-11-19-10-20-23/h7-12H,4-6H2,1-3H3/b15-9-. The molecule has 2 heterocycles. The second kappa shape index (κ2) is 7.47. The number of methoxy groups -OCH3 is 1. The van der Waals surface area contributed by atoms with Crippen LogP contribution >= 0.6 is 0 Å². The van der Waals surface area contributed by atoms with Crippen LogP contribution in [0.25, 0.3) is 11.6 Å². The van der Waals surface area contributed by atoms with Gasteiger partial charge in [-0.1, -0.05) is 0 Å². The van der Waals surface area contributed by atoms with E-state index in [4.69, 9.17) is 4.74 Å². The highest BCUT2D eigenvalue weighted by atomic mass is 16.5. The molecule has 8 heteroatoms. The molecule has 8 nitrogen and oxygen atoms in total. The third-order valence-electron chi connectivity index (χ3n) is 4.08. The average molecular weight is 355 g/mol. The number of rotatable bonds is 8. The minimum Gasteiger partial charge on any atom is -0.493 e. The maximum atomic E-state index is 12.7. The summed E-state index contributed by atoms with van der Waals surface area (Å²) >= 11 is 0. The van der Waals surface area contributed by atoms with Crippen LogP contribution in [0, 0.1) is 0 Å². The molecule has 1 aliphatic rings. The predicted octanol–water partition coefficient (Wildman–Crippen LogP) is 1.82. The van der Waals surface area contributed by atoms with Crippen LogP contribution in [0.4, 0.5) is 0 Å². The Bertz CT molecular complexity index is 839. The molecular weight excluding hydrogens is 334 g/mol. The van der Waals surface area contributed by atoms with Gasteiger partial charge in [-0.25, -0.2) is 14.6 Å². The van der Waals surface area contributed by atoms with E-state index in [1.807, 2.05) is 25.1 Å². The Morgan fingerprint density at radius 3 is 2.73 bits per heavy atom. The molecule has 0 spiro atoms. The number of nitrogens with zero attached hydrogens (tertiary/aromatic N) is 5. The van der Waals surface area contributed by atoms with Gasteiger partial charge in [0.1, 0.15) is 24.6 Å². The van der Waals surface area contributed by atoms with Gasteiger partial charge in [0.05, 0.1) is 19.1 Å².